The molecule has 82 valence electrons. The van der Waals surface area contributed by atoms with E-state index in [1.165, 1.54) is 6.20 Å². The number of nitrogens with two attached hydrogens (primary N) is 1. The minimum atomic E-state index is 0.118. The molecule has 0 radical (unpaired) electrons. The van der Waals surface area contributed by atoms with Crippen molar-refractivity contribution in [2.75, 3.05) is 0 Å². The lowest BCUT2D eigenvalue weighted by molar-refractivity contribution is 0.477. The number of hydrogen-bond acceptors (Lipinski definition) is 4. The van der Waals surface area contributed by atoms with Gasteiger partial charge in [-0.2, -0.15) is 0 Å². The predicted molar refractivity (Wildman–Crippen MR) is 62.0 cm³/mol. The van der Waals surface area contributed by atoms with Crippen LogP contribution in [0.1, 0.15) is 5.69 Å². The molecule has 0 bridgehead atoms. The second kappa shape index (κ2) is 4.47. The second-order valence-electron chi connectivity index (χ2n) is 3.22. The number of aromatic hydroxyl groups is 1. The van der Waals surface area contributed by atoms with E-state index < -0.39 is 0 Å². The van der Waals surface area contributed by atoms with E-state index in [1.54, 1.807) is 24.3 Å². The van der Waals surface area contributed by atoms with Crippen LogP contribution in [0.3, 0.4) is 0 Å². The summed E-state index contributed by atoms with van der Waals surface area (Å²) in [6, 6.07) is 6.82. The molecule has 0 aliphatic rings. The van der Waals surface area contributed by atoms with Crippen LogP contribution in [0.4, 0.5) is 0 Å². The number of phenols is 1. The zero-order valence-electron chi connectivity index (χ0n) is 8.39. The van der Waals surface area contributed by atoms with Gasteiger partial charge in [0, 0.05) is 12.1 Å². The van der Waals surface area contributed by atoms with Gasteiger partial charge in [-0.25, -0.2) is 9.97 Å². The van der Waals surface area contributed by atoms with E-state index in [2.05, 4.69) is 9.97 Å². The molecule has 4 nitrogen and oxygen atoms in total. The van der Waals surface area contributed by atoms with Crippen LogP contribution in [0.15, 0.2) is 30.5 Å². The molecule has 2 aromatic rings. The molecule has 1 aromatic carbocycles. The number of nitrogens with zero attached hydrogens (tertiary/aromatic N) is 2. The fourth-order valence-corrected chi connectivity index (χ4v) is 1.55. The molecule has 0 unspecified atom stereocenters. The molecule has 0 saturated carbocycles. The van der Waals surface area contributed by atoms with E-state index in [1.807, 2.05) is 0 Å². The van der Waals surface area contributed by atoms with Crippen molar-refractivity contribution in [1.29, 1.82) is 0 Å². The van der Waals surface area contributed by atoms with Gasteiger partial charge >= 0.3 is 0 Å². The van der Waals surface area contributed by atoms with Crippen molar-refractivity contribution >= 4 is 11.6 Å². The molecule has 0 aliphatic carbocycles. The molecular formula is C11H10ClN3O. The van der Waals surface area contributed by atoms with Gasteiger partial charge in [0.15, 0.2) is 5.15 Å². The van der Waals surface area contributed by atoms with Crippen LogP contribution in [0.5, 0.6) is 5.75 Å². The number of para-hydroxylation sites is 1. The van der Waals surface area contributed by atoms with E-state index in [0.717, 1.165) is 0 Å². The maximum atomic E-state index is 9.69. The first-order chi connectivity index (χ1) is 7.72. The maximum Gasteiger partial charge on any atom is 0.155 e. The monoisotopic (exact) mass is 235 g/mol. The average Bonchev–Trinajstić information content (AvgIpc) is 2.31. The topological polar surface area (TPSA) is 72.0 Å². The van der Waals surface area contributed by atoms with Crippen LogP contribution in [-0.4, -0.2) is 15.1 Å². The SMILES string of the molecule is NCc1cnc(Cl)c(-c2ccccc2O)n1. The zero-order valence-corrected chi connectivity index (χ0v) is 9.15. The van der Waals surface area contributed by atoms with Gasteiger partial charge in [-0.1, -0.05) is 23.7 Å². The number of aromatic nitrogens is 2. The van der Waals surface area contributed by atoms with Crippen LogP contribution >= 0.6 is 11.6 Å². The lowest BCUT2D eigenvalue weighted by Crippen LogP contribution is -2.02. The van der Waals surface area contributed by atoms with Crippen molar-refractivity contribution in [3.05, 3.63) is 41.3 Å². The standard InChI is InChI=1S/C11H10ClN3O/c12-11-10(15-7(5-13)6-14-11)8-3-1-2-4-9(8)16/h1-4,6,16H,5,13H2. The van der Waals surface area contributed by atoms with Crippen LogP contribution in [0.2, 0.25) is 5.15 Å². The molecule has 16 heavy (non-hydrogen) atoms. The van der Waals surface area contributed by atoms with Crippen molar-refractivity contribution in [3.8, 4) is 17.0 Å². The highest BCUT2D eigenvalue weighted by molar-refractivity contribution is 6.31. The molecule has 0 amide bonds. The van der Waals surface area contributed by atoms with Crippen LogP contribution in [0, 0.1) is 0 Å². The molecule has 5 heteroatoms. The highest BCUT2D eigenvalue weighted by atomic mass is 35.5. The Bertz CT molecular complexity index is 516. The Morgan fingerprint density at radius 2 is 2.06 bits per heavy atom. The summed E-state index contributed by atoms with van der Waals surface area (Å²) in [7, 11) is 0. The van der Waals surface area contributed by atoms with Crippen molar-refractivity contribution in [2.24, 2.45) is 5.73 Å². The second-order valence-corrected chi connectivity index (χ2v) is 3.58. The first kappa shape index (κ1) is 10.9. The fraction of sp³-hybridized carbons (Fsp3) is 0.0909. The summed E-state index contributed by atoms with van der Waals surface area (Å²) < 4.78 is 0. The van der Waals surface area contributed by atoms with Crippen molar-refractivity contribution in [2.45, 2.75) is 6.54 Å². The summed E-state index contributed by atoms with van der Waals surface area (Å²) in [5.74, 6) is 0.118. The minimum Gasteiger partial charge on any atom is -0.507 e. The molecule has 0 saturated heterocycles. The molecule has 3 N–H and O–H groups in total. The summed E-state index contributed by atoms with van der Waals surface area (Å²) in [6.07, 6.45) is 1.52. The Morgan fingerprint density at radius 1 is 1.31 bits per heavy atom. The van der Waals surface area contributed by atoms with Gasteiger partial charge in [-0.05, 0) is 12.1 Å². The first-order valence-corrected chi connectivity index (χ1v) is 5.10. The maximum absolute atomic E-state index is 9.69. The Morgan fingerprint density at radius 3 is 2.75 bits per heavy atom. The summed E-state index contributed by atoms with van der Waals surface area (Å²) in [5.41, 5.74) is 7.10. The lowest BCUT2D eigenvalue weighted by Gasteiger charge is -2.06. The van der Waals surface area contributed by atoms with E-state index in [-0.39, 0.29) is 17.4 Å². The summed E-state index contributed by atoms with van der Waals surface area (Å²) in [5, 5.41) is 9.94. The van der Waals surface area contributed by atoms with Crippen molar-refractivity contribution < 1.29 is 5.11 Å². The van der Waals surface area contributed by atoms with Crippen LogP contribution < -0.4 is 5.73 Å². The molecule has 1 heterocycles. The molecule has 0 aliphatic heterocycles. The normalized spacial score (nSPS) is 10.4. The molecule has 0 atom stereocenters. The van der Waals surface area contributed by atoms with E-state index in [0.29, 0.717) is 17.0 Å². The Labute approximate surface area is 97.7 Å². The fourth-order valence-electron chi connectivity index (χ4n) is 1.35. The van der Waals surface area contributed by atoms with Gasteiger partial charge in [0.25, 0.3) is 0 Å². The number of hydrogen-bond donors (Lipinski definition) is 2. The molecular weight excluding hydrogens is 226 g/mol. The third-order valence-corrected chi connectivity index (χ3v) is 2.42. The van der Waals surface area contributed by atoms with E-state index >= 15 is 0 Å². The highest BCUT2D eigenvalue weighted by Crippen LogP contribution is 2.31. The highest BCUT2D eigenvalue weighted by Gasteiger charge is 2.11. The average molecular weight is 236 g/mol. The van der Waals surface area contributed by atoms with Gasteiger partial charge in [0.05, 0.1) is 11.9 Å². The van der Waals surface area contributed by atoms with E-state index in [4.69, 9.17) is 17.3 Å². The minimum absolute atomic E-state index is 0.118. The van der Waals surface area contributed by atoms with Gasteiger partial charge in [0.1, 0.15) is 11.4 Å². The van der Waals surface area contributed by atoms with Crippen LogP contribution in [0.25, 0.3) is 11.3 Å². The van der Waals surface area contributed by atoms with Gasteiger partial charge in [-0.15, -0.1) is 0 Å². The summed E-state index contributed by atoms with van der Waals surface area (Å²) >= 11 is 5.93. The van der Waals surface area contributed by atoms with Crippen molar-refractivity contribution in [1.82, 2.24) is 9.97 Å². The zero-order chi connectivity index (χ0) is 11.5. The number of phenolic OH excluding ortho intramolecular Hbond substituents is 1. The summed E-state index contributed by atoms with van der Waals surface area (Å²) in [4.78, 5) is 8.22. The number of rotatable bonds is 2. The molecule has 0 fully saturated rings. The Hall–Kier alpha value is -1.65. The largest absolute Gasteiger partial charge is 0.507 e. The van der Waals surface area contributed by atoms with Crippen LogP contribution in [-0.2, 0) is 6.54 Å². The smallest absolute Gasteiger partial charge is 0.155 e. The molecule has 1 aromatic heterocycles. The van der Waals surface area contributed by atoms with Gasteiger partial charge < -0.3 is 10.8 Å². The lowest BCUT2D eigenvalue weighted by atomic mass is 10.1. The third kappa shape index (κ3) is 1.98. The van der Waals surface area contributed by atoms with E-state index in [9.17, 15) is 5.11 Å². The van der Waals surface area contributed by atoms with Gasteiger partial charge in [-0.3, -0.25) is 0 Å². The third-order valence-electron chi connectivity index (χ3n) is 2.15. The molecule has 0 spiro atoms. The first-order valence-electron chi connectivity index (χ1n) is 4.72. The number of benzene rings is 1. The Balaban J connectivity index is 2.59. The number of halogens is 1. The summed E-state index contributed by atoms with van der Waals surface area (Å²) in [6.45, 7) is 0.283. The Kier molecular flexibility index (Phi) is 3.03. The quantitative estimate of drug-likeness (QED) is 0.835. The predicted octanol–water partition coefficient (Wildman–Crippen LogP) is 1.96. The molecule has 2 rings (SSSR count). The van der Waals surface area contributed by atoms with Gasteiger partial charge in [0.2, 0.25) is 0 Å². The van der Waals surface area contributed by atoms with Crippen molar-refractivity contribution in [3.63, 3.8) is 0 Å².